The van der Waals surface area contributed by atoms with Crippen LogP contribution in [0.15, 0.2) is 22.5 Å². The molecule has 0 bridgehead atoms. The highest BCUT2D eigenvalue weighted by Gasteiger charge is 2.39. The monoisotopic (exact) mass is 272 g/mol. The van der Waals surface area contributed by atoms with E-state index >= 15 is 0 Å². The number of carbonyl (C=O) groups excluding carboxylic acids is 1. The smallest absolute Gasteiger partial charge is 0.161 e. The summed E-state index contributed by atoms with van der Waals surface area (Å²) in [5, 5.41) is 12.8. The molecule has 1 aliphatic carbocycles. The summed E-state index contributed by atoms with van der Waals surface area (Å²) in [4.78, 5) is 12.6. The molecule has 0 unspecified atom stereocenters. The zero-order valence-corrected chi connectivity index (χ0v) is 13.0. The van der Waals surface area contributed by atoms with Gasteiger partial charge in [0, 0.05) is 29.3 Å². The van der Waals surface area contributed by atoms with Crippen LogP contribution in [0.4, 0.5) is 0 Å². The zero-order chi connectivity index (χ0) is 14.9. The molecular formula is C17H24N2O. The highest BCUT2D eigenvalue weighted by atomic mass is 16.1. The van der Waals surface area contributed by atoms with Crippen LogP contribution in [0, 0.1) is 22.7 Å². The largest absolute Gasteiger partial charge is 0.361 e. The molecule has 3 nitrogen and oxygen atoms in total. The molecular weight excluding hydrogens is 248 g/mol. The molecule has 1 N–H and O–H groups in total. The Morgan fingerprint density at radius 2 is 2.10 bits per heavy atom. The molecule has 2 rings (SSSR count). The first-order chi connectivity index (χ1) is 9.39. The topological polar surface area (TPSA) is 52.9 Å². The van der Waals surface area contributed by atoms with E-state index in [1.54, 1.807) is 0 Å². The molecule has 1 atom stereocenters. The number of nitrogens with one attached hydrogen (secondary N) is 1. The summed E-state index contributed by atoms with van der Waals surface area (Å²) in [5.41, 5.74) is 3.65. The maximum atomic E-state index is 12.6. The van der Waals surface area contributed by atoms with Gasteiger partial charge in [-0.25, -0.2) is 0 Å². The van der Waals surface area contributed by atoms with Crippen molar-refractivity contribution in [2.24, 2.45) is 11.3 Å². The Hall–Kier alpha value is -1.56. The van der Waals surface area contributed by atoms with Crippen molar-refractivity contribution in [3.63, 3.8) is 0 Å². The minimum absolute atomic E-state index is 0.0137. The third-order valence-electron chi connectivity index (χ3n) is 4.33. The average molecular weight is 272 g/mol. The highest BCUT2D eigenvalue weighted by molar-refractivity contribution is 5.99. The standard InChI is InChI=1S/C17H24N2O/c1-5-6-7-12-13(10-18)11(2)19-14-8-17(3,4)9-15(20)16(12)14/h12,19H,5-9H2,1-4H3/t12-/m1/s1. The number of dihydropyridines is 1. The van der Waals surface area contributed by atoms with Crippen LogP contribution in [0.1, 0.15) is 59.8 Å². The number of nitriles is 1. The Kier molecular flexibility index (Phi) is 4.04. The minimum atomic E-state index is 0.0137. The van der Waals surface area contributed by atoms with Crippen molar-refractivity contribution >= 4 is 5.78 Å². The Bertz CT molecular complexity index is 532. The van der Waals surface area contributed by atoms with E-state index in [1.807, 2.05) is 6.92 Å². The fourth-order valence-electron chi connectivity index (χ4n) is 3.41. The molecule has 108 valence electrons. The highest BCUT2D eigenvalue weighted by Crippen LogP contribution is 2.43. The van der Waals surface area contributed by atoms with E-state index in [1.165, 1.54) is 0 Å². The van der Waals surface area contributed by atoms with Crippen molar-refractivity contribution in [3.8, 4) is 6.07 Å². The Labute approximate surface area is 121 Å². The molecule has 0 aromatic carbocycles. The van der Waals surface area contributed by atoms with E-state index in [9.17, 15) is 10.1 Å². The van der Waals surface area contributed by atoms with Crippen molar-refractivity contribution in [1.29, 1.82) is 5.26 Å². The summed E-state index contributed by atoms with van der Waals surface area (Å²) in [7, 11) is 0. The fraction of sp³-hybridized carbons (Fsp3) is 0.647. The molecule has 0 fully saturated rings. The molecule has 2 aliphatic rings. The lowest BCUT2D eigenvalue weighted by Gasteiger charge is -2.38. The van der Waals surface area contributed by atoms with Crippen LogP contribution in [0.25, 0.3) is 0 Å². The molecule has 20 heavy (non-hydrogen) atoms. The van der Waals surface area contributed by atoms with Gasteiger partial charge in [-0.2, -0.15) is 5.26 Å². The van der Waals surface area contributed by atoms with Crippen LogP contribution >= 0.6 is 0 Å². The van der Waals surface area contributed by atoms with Gasteiger partial charge < -0.3 is 5.32 Å². The summed E-state index contributed by atoms with van der Waals surface area (Å²) in [5.74, 6) is 0.241. The van der Waals surface area contributed by atoms with Gasteiger partial charge >= 0.3 is 0 Å². The number of carbonyl (C=O) groups is 1. The predicted octanol–water partition coefficient (Wildman–Crippen LogP) is 3.84. The van der Waals surface area contributed by atoms with Gasteiger partial charge in [-0.05, 0) is 25.2 Å². The number of hydrogen-bond donors (Lipinski definition) is 1. The first kappa shape index (κ1) is 14.8. The summed E-state index contributed by atoms with van der Waals surface area (Å²) >= 11 is 0. The number of rotatable bonds is 3. The summed E-state index contributed by atoms with van der Waals surface area (Å²) < 4.78 is 0. The number of allylic oxidation sites excluding steroid dienone is 4. The lowest BCUT2D eigenvalue weighted by molar-refractivity contribution is -0.118. The zero-order valence-electron chi connectivity index (χ0n) is 13.0. The molecule has 0 saturated heterocycles. The van der Waals surface area contributed by atoms with Gasteiger partial charge in [0.25, 0.3) is 0 Å². The van der Waals surface area contributed by atoms with Crippen molar-refractivity contribution in [3.05, 3.63) is 22.5 Å². The van der Waals surface area contributed by atoms with Crippen LogP contribution < -0.4 is 5.32 Å². The first-order valence-electron chi connectivity index (χ1n) is 7.53. The number of nitrogens with zero attached hydrogens (tertiary/aromatic N) is 1. The van der Waals surface area contributed by atoms with Gasteiger partial charge in [0.05, 0.1) is 11.6 Å². The molecule has 0 amide bonds. The molecule has 0 spiro atoms. The third kappa shape index (κ3) is 2.65. The summed E-state index contributed by atoms with van der Waals surface area (Å²) in [6.07, 6.45) is 4.53. The van der Waals surface area contributed by atoms with E-state index in [2.05, 4.69) is 32.2 Å². The summed E-state index contributed by atoms with van der Waals surface area (Å²) in [6.45, 7) is 8.37. The average Bonchev–Trinajstić information content (AvgIpc) is 2.33. The Morgan fingerprint density at radius 3 is 2.70 bits per heavy atom. The van der Waals surface area contributed by atoms with Crippen LogP contribution in [0.2, 0.25) is 0 Å². The first-order valence-corrected chi connectivity index (χ1v) is 7.53. The van der Waals surface area contributed by atoms with Gasteiger partial charge in [-0.1, -0.05) is 33.6 Å². The number of unbranched alkanes of at least 4 members (excludes halogenated alkanes) is 1. The Balaban J connectivity index is 2.42. The van der Waals surface area contributed by atoms with E-state index in [4.69, 9.17) is 0 Å². The van der Waals surface area contributed by atoms with Crippen LogP contribution in [0.3, 0.4) is 0 Å². The lowest BCUT2D eigenvalue weighted by Crippen LogP contribution is -2.37. The van der Waals surface area contributed by atoms with Crippen molar-refractivity contribution in [1.82, 2.24) is 5.32 Å². The second-order valence-electron chi connectivity index (χ2n) is 6.80. The minimum Gasteiger partial charge on any atom is -0.361 e. The lowest BCUT2D eigenvalue weighted by atomic mass is 9.69. The van der Waals surface area contributed by atoms with Gasteiger partial charge in [-0.15, -0.1) is 0 Å². The van der Waals surface area contributed by atoms with Crippen LogP contribution in [0.5, 0.6) is 0 Å². The van der Waals surface area contributed by atoms with Crippen LogP contribution in [-0.4, -0.2) is 5.78 Å². The van der Waals surface area contributed by atoms with Gasteiger partial charge in [0.2, 0.25) is 0 Å². The van der Waals surface area contributed by atoms with E-state index < -0.39 is 0 Å². The number of hydrogen-bond acceptors (Lipinski definition) is 3. The van der Waals surface area contributed by atoms with E-state index in [-0.39, 0.29) is 17.1 Å². The van der Waals surface area contributed by atoms with Crippen molar-refractivity contribution in [2.45, 2.75) is 59.8 Å². The second kappa shape index (κ2) is 5.44. The molecule has 0 aromatic heterocycles. The van der Waals surface area contributed by atoms with Crippen molar-refractivity contribution in [2.75, 3.05) is 0 Å². The quantitative estimate of drug-likeness (QED) is 0.849. The number of Topliss-reactive ketones (excluding diaryl/α,β-unsaturated/α-hetero) is 1. The van der Waals surface area contributed by atoms with Gasteiger partial charge in [-0.3, -0.25) is 4.79 Å². The molecule has 0 aromatic rings. The molecule has 0 radical (unpaired) electrons. The second-order valence-corrected chi connectivity index (χ2v) is 6.80. The summed E-state index contributed by atoms with van der Waals surface area (Å²) in [6, 6.07) is 2.32. The molecule has 1 heterocycles. The maximum absolute atomic E-state index is 12.6. The predicted molar refractivity (Wildman–Crippen MR) is 79.5 cm³/mol. The number of ketones is 1. The maximum Gasteiger partial charge on any atom is 0.161 e. The van der Waals surface area contributed by atoms with Crippen molar-refractivity contribution < 1.29 is 4.79 Å². The fourth-order valence-corrected chi connectivity index (χ4v) is 3.41. The van der Waals surface area contributed by atoms with E-state index in [0.717, 1.165) is 48.2 Å². The third-order valence-corrected chi connectivity index (χ3v) is 4.33. The molecule has 3 heteroatoms. The van der Waals surface area contributed by atoms with Gasteiger partial charge in [0.15, 0.2) is 5.78 Å². The van der Waals surface area contributed by atoms with E-state index in [0.29, 0.717) is 6.42 Å². The normalized spacial score (nSPS) is 25.1. The SMILES string of the molecule is CCCC[C@@H]1C(C#N)=C(C)NC2=C1C(=O)CC(C)(C)C2. The van der Waals surface area contributed by atoms with Gasteiger partial charge in [0.1, 0.15) is 0 Å². The molecule has 0 saturated carbocycles. The Morgan fingerprint density at radius 1 is 1.40 bits per heavy atom. The molecule has 1 aliphatic heterocycles. The van der Waals surface area contributed by atoms with Crippen LogP contribution in [-0.2, 0) is 4.79 Å².